The highest BCUT2D eigenvalue weighted by Crippen LogP contribution is 2.67. The number of alkyl carbamates (subject to hydrolysis) is 2. The molecular weight excluding hydrogens is 1410 g/mol. The highest BCUT2D eigenvalue weighted by Gasteiger charge is 2.70. The molecule has 13 aliphatic rings. The minimum Gasteiger partial charge on any atom is -0.444 e. The SMILES string of the molecule is C=CCCCC[C@@H](NC(=O)[C@@H]1C[C@@H](OC(=O)N2Cc3ccccc3C2)CN1C(=O)[C@H](COCC=C)NC(=O)OC(C)(C)C)B1OC2CC3CC(C3(C)C)C2(C)O1.CC(C)(C)OC(=O)N[C@H]1COC/C=C/CCCC[C@H](B2OC3CC4CC(C4(C)C)C3(C)O2)NC(=O)[C@@H]2C[C@@H](OC(=O)N3Cc4ccccc4C3)CN2C1=O. The van der Waals surface area contributed by atoms with Gasteiger partial charge in [0.2, 0.25) is 23.6 Å². The second-order valence-corrected chi connectivity index (χ2v) is 35.7. The number of rotatable bonds is 18. The van der Waals surface area contributed by atoms with Crippen LogP contribution < -0.4 is 21.3 Å². The van der Waals surface area contributed by atoms with E-state index < -0.39 is 127 Å². The van der Waals surface area contributed by atoms with Gasteiger partial charge >= 0.3 is 38.6 Å². The molecular formula is C82H118B2N8O18. The van der Waals surface area contributed by atoms with Crippen molar-refractivity contribution in [2.24, 2.45) is 34.5 Å². The molecule has 4 saturated heterocycles. The molecule has 600 valence electrons. The summed E-state index contributed by atoms with van der Waals surface area (Å²) in [5.41, 5.74) is 1.99. The molecule has 8 amide bonds. The van der Waals surface area contributed by atoms with Crippen LogP contribution in [-0.4, -0.2) is 204 Å². The normalized spacial score (nSPS) is 31.4. The van der Waals surface area contributed by atoms with Gasteiger partial charge in [0.1, 0.15) is 47.6 Å². The molecule has 15 rings (SSSR count). The number of carbonyl (C=O) groups is 8. The van der Waals surface area contributed by atoms with Crippen LogP contribution in [0.3, 0.4) is 0 Å². The summed E-state index contributed by atoms with van der Waals surface area (Å²) in [7, 11) is -1.31. The first-order valence-corrected chi connectivity index (χ1v) is 40.1. The van der Waals surface area contributed by atoms with Crippen molar-refractivity contribution in [3.8, 4) is 0 Å². The van der Waals surface area contributed by atoms with Crippen LogP contribution in [-0.2, 0) is 92.4 Å². The third-order valence-corrected chi connectivity index (χ3v) is 25.2. The van der Waals surface area contributed by atoms with Gasteiger partial charge in [0.25, 0.3) is 0 Å². The number of allylic oxidation sites excluding steroid dienone is 2. The number of benzene rings is 2. The van der Waals surface area contributed by atoms with Crippen molar-refractivity contribution in [3.63, 3.8) is 0 Å². The van der Waals surface area contributed by atoms with E-state index in [4.69, 9.17) is 47.0 Å². The minimum absolute atomic E-state index is 0.0325. The Labute approximate surface area is 649 Å². The number of unbranched alkanes of at least 4 members (excludes halogenated alkanes) is 2. The van der Waals surface area contributed by atoms with Gasteiger partial charge in [-0.1, -0.05) is 113 Å². The van der Waals surface area contributed by atoms with Gasteiger partial charge in [-0.15, -0.1) is 13.2 Å². The van der Waals surface area contributed by atoms with Crippen LogP contribution in [0, 0.1) is 34.5 Å². The maximum absolute atomic E-state index is 14.6. The second-order valence-electron chi connectivity index (χ2n) is 35.7. The summed E-state index contributed by atoms with van der Waals surface area (Å²) in [5.74, 6) is -0.997. The molecule has 6 saturated carbocycles. The third-order valence-electron chi connectivity index (χ3n) is 25.2. The molecule has 26 nitrogen and oxygen atoms in total. The fourth-order valence-corrected chi connectivity index (χ4v) is 19.0. The Morgan fingerprint density at radius 3 is 1.83 bits per heavy atom. The van der Waals surface area contributed by atoms with Crippen LogP contribution in [0.2, 0.25) is 0 Å². The number of nitrogens with one attached hydrogen (secondary N) is 4. The highest BCUT2D eigenvalue weighted by atomic mass is 16.7. The molecule has 16 atom stereocenters. The van der Waals surface area contributed by atoms with Crippen molar-refractivity contribution < 1.29 is 85.4 Å². The van der Waals surface area contributed by atoms with Gasteiger partial charge in [-0.3, -0.25) is 29.0 Å². The molecule has 0 aromatic heterocycles. The summed E-state index contributed by atoms with van der Waals surface area (Å²) in [6.45, 7) is 33.1. The molecule has 7 heterocycles. The summed E-state index contributed by atoms with van der Waals surface area (Å²) >= 11 is 0. The molecule has 8 unspecified atom stereocenters. The number of hydrogen-bond acceptors (Lipinski definition) is 18. The fraction of sp³-hybridized carbons (Fsp3) is 0.683. The van der Waals surface area contributed by atoms with E-state index in [-0.39, 0.29) is 81.3 Å². The number of hydrogen-bond donors (Lipinski definition) is 4. The van der Waals surface area contributed by atoms with Crippen molar-refractivity contribution in [2.75, 3.05) is 39.5 Å². The van der Waals surface area contributed by atoms with Crippen molar-refractivity contribution in [3.05, 3.63) is 108 Å². The number of amides is 8. The van der Waals surface area contributed by atoms with Crippen molar-refractivity contribution in [1.82, 2.24) is 40.9 Å². The zero-order valence-corrected chi connectivity index (χ0v) is 66.7. The highest BCUT2D eigenvalue weighted by molar-refractivity contribution is 6.48. The lowest BCUT2D eigenvalue weighted by atomic mass is 9.43. The van der Waals surface area contributed by atoms with Gasteiger partial charge in [0.15, 0.2) is 0 Å². The predicted octanol–water partition coefficient (Wildman–Crippen LogP) is 10.6. The Kier molecular flexibility index (Phi) is 25.1. The van der Waals surface area contributed by atoms with E-state index in [1.165, 1.54) is 15.9 Å². The van der Waals surface area contributed by atoms with Crippen LogP contribution in [0.5, 0.6) is 0 Å². The van der Waals surface area contributed by atoms with Gasteiger partial charge < -0.3 is 78.1 Å². The van der Waals surface area contributed by atoms with Gasteiger partial charge in [0.05, 0.1) is 74.8 Å². The van der Waals surface area contributed by atoms with Crippen LogP contribution in [0.4, 0.5) is 19.2 Å². The lowest BCUT2D eigenvalue weighted by Crippen LogP contribution is -2.65. The maximum Gasteiger partial charge on any atom is 0.481 e. The summed E-state index contributed by atoms with van der Waals surface area (Å²) in [6, 6.07) is 11.3. The standard InChI is InChI=1S/C42H61BN4O9.C40H57BN4O9/c1-9-11-12-13-18-35(43-55-34-21-29-20-33(41(29,6)7)42(34,8)56-43)45-36(48)32-22-30(53-39(51)46-23-27-16-14-15-17-28(27)24-46)25-47(32)37(49)31(26-52-19-10-2)44-38(50)54-40(3,4)5;1-38(2,3)52-36(48)42-29-24-50-17-13-9-7-8-10-16-33(41-53-32-19-27-18-31(39(27,4)5)40(32,6)54-41)43-34(46)30-20-28(23-45(30)35(29)47)51-37(49)44-21-25-14-11-12-15-26(25)22-44/h9-10,14-17,29-35H,1-2,11-13,18-26H2,3-8H3,(H,44,50)(H,45,48);9,11-15,27-33H,7-8,10,16-24H2,1-6H3,(H,42,48)(H,43,46)/b;13-9+/t29?,30-,31+,32+,33?,34?,35-,42?;27?,28-,29+,30+,31?,32?,33-,40?/m11/s1. The summed E-state index contributed by atoms with van der Waals surface area (Å²) in [5, 5.41) is 11.8. The average molecular weight is 1530 g/mol. The fourth-order valence-electron chi connectivity index (χ4n) is 19.0. The zero-order valence-electron chi connectivity index (χ0n) is 66.7. The van der Waals surface area contributed by atoms with Crippen molar-refractivity contribution in [1.29, 1.82) is 0 Å². The predicted molar refractivity (Wildman–Crippen MR) is 411 cm³/mol. The third kappa shape index (κ3) is 18.3. The second kappa shape index (κ2) is 33.7. The van der Waals surface area contributed by atoms with E-state index in [1.807, 2.05) is 66.8 Å². The summed E-state index contributed by atoms with van der Waals surface area (Å²) < 4.78 is 61.5. The van der Waals surface area contributed by atoms with Gasteiger partial charge in [-0.25, -0.2) is 19.2 Å². The van der Waals surface area contributed by atoms with Gasteiger partial charge in [0, 0.05) is 39.0 Å². The first-order chi connectivity index (χ1) is 52.2. The number of ether oxygens (including phenoxy) is 6. The Hall–Kier alpha value is -7.49. The number of nitrogens with zero attached hydrogens (tertiary/aromatic N) is 4. The van der Waals surface area contributed by atoms with Crippen molar-refractivity contribution >= 4 is 62.2 Å². The zero-order chi connectivity index (χ0) is 78.8. The Bertz CT molecular complexity index is 3700. The molecule has 2 aromatic carbocycles. The lowest BCUT2D eigenvalue weighted by Gasteiger charge is -2.64. The molecule has 10 fully saturated rings. The Morgan fingerprint density at radius 1 is 0.682 bits per heavy atom. The van der Waals surface area contributed by atoms with Crippen LogP contribution >= 0.6 is 0 Å². The van der Waals surface area contributed by atoms with Crippen LogP contribution in [0.1, 0.15) is 195 Å². The molecule has 28 heteroatoms. The Morgan fingerprint density at radius 2 is 1.25 bits per heavy atom. The topological polar surface area (TPSA) is 290 Å². The summed E-state index contributed by atoms with van der Waals surface area (Å²) in [6.07, 6.45) is 13.6. The van der Waals surface area contributed by atoms with Crippen LogP contribution in [0.15, 0.2) is 86.0 Å². The lowest BCUT2D eigenvalue weighted by molar-refractivity contribution is -0.199. The first-order valence-electron chi connectivity index (χ1n) is 40.1. The molecule has 6 aliphatic carbocycles. The van der Waals surface area contributed by atoms with Crippen LogP contribution in [0.25, 0.3) is 0 Å². The van der Waals surface area contributed by atoms with E-state index in [0.29, 0.717) is 62.7 Å². The minimum atomic E-state index is -1.20. The quantitative estimate of drug-likeness (QED) is 0.0467. The number of carbonyl (C=O) groups excluding carboxylic acids is 8. The number of fused-ring (bicyclic) bond motifs is 3. The molecule has 7 aliphatic heterocycles. The molecule has 0 radical (unpaired) electrons. The van der Waals surface area contributed by atoms with E-state index in [2.05, 4.69) is 76.0 Å². The van der Waals surface area contributed by atoms with E-state index in [1.54, 1.807) is 51.3 Å². The molecule has 110 heavy (non-hydrogen) atoms. The van der Waals surface area contributed by atoms with Crippen molar-refractivity contribution in [2.45, 2.75) is 282 Å². The monoisotopic (exact) mass is 1520 g/mol. The molecule has 0 spiro atoms. The first kappa shape index (κ1) is 82.0. The van der Waals surface area contributed by atoms with Gasteiger partial charge in [-0.2, -0.15) is 0 Å². The van der Waals surface area contributed by atoms with E-state index >= 15 is 0 Å². The largest absolute Gasteiger partial charge is 0.481 e. The average Bonchev–Trinajstić information content (AvgIpc) is 1.37. The van der Waals surface area contributed by atoms with Gasteiger partial charge in [-0.05, 0) is 176 Å². The molecule has 2 aromatic rings. The van der Waals surface area contributed by atoms with E-state index in [9.17, 15) is 38.4 Å². The maximum atomic E-state index is 14.6. The summed E-state index contributed by atoms with van der Waals surface area (Å²) in [4.78, 5) is 117. The number of likely N-dealkylation sites (tertiary alicyclic amines) is 1. The molecule has 4 N–H and O–H groups in total. The Balaban J connectivity index is 0.000000205. The smallest absolute Gasteiger partial charge is 0.444 e. The molecule has 4 bridgehead atoms. The van der Waals surface area contributed by atoms with E-state index in [0.717, 1.165) is 86.5 Å².